The zero-order valence-corrected chi connectivity index (χ0v) is 11.1. The Kier molecular flexibility index (Phi) is 8.38. The molecule has 2 N–H and O–H groups in total. The standard InChI is InChI=1S/C15H24O2/c1-12(2)15(17)9-8-13(3)6-5-7-14(4)10-11-16/h5-7,10,15-17H,1,8-9,11H2,2-4H3/b7-5+,13-6+,14-10+. The first kappa shape index (κ1) is 15.9. The van der Waals surface area contributed by atoms with Crippen LogP contribution in [0.4, 0.5) is 0 Å². The smallest absolute Gasteiger partial charge is 0.0747 e. The molecule has 0 spiro atoms. The van der Waals surface area contributed by atoms with E-state index in [2.05, 4.69) is 6.58 Å². The SMILES string of the molecule is C=C(C)C(O)CC/C(C)=C/C=C/C(C)=C/CO. The highest BCUT2D eigenvalue weighted by Gasteiger charge is 2.03. The molecule has 0 saturated carbocycles. The average Bonchev–Trinajstić information content (AvgIpc) is 2.26. The summed E-state index contributed by atoms with van der Waals surface area (Å²) in [5, 5.41) is 18.3. The number of hydrogen-bond donors (Lipinski definition) is 2. The molecule has 0 aromatic heterocycles. The van der Waals surface area contributed by atoms with Crippen LogP contribution in [0.25, 0.3) is 0 Å². The van der Waals surface area contributed by atoms with E-state index in [1.807, 2.05) is 39.0 Å². The summed E-state index contributed by atoms with van der Waals surface area (Å²) in [6.07, 6.45) is 8.87. The Balaban J connectivity index is 4.10. The second-order valence-corrected chi connectivity index (χ2v) is 4.40. The van der Waals surface area contributed by atoms with Crippen LogP contribution >= 0.6 is 0 Å². The highest BCUT2D eigenvalue weighted by Crippen LogP contribution is 2.11. The number of allylic oxidation sites excluding steroid dienone is 5. The van der Waals surface area contributed by atoms with Crippen LogP contribution in [0.3, 0.4) is 0 Å². The van der Waals surface area contributed by atoms with E-state index in [1.165, 1.54) is 5.57 Å². The molecule has 0 aliphatic rings. The molecule has 1 unspecified atom stereocenters. The van der Waals surface area contributed by atoms with Crippen molar-refractivity contribution in [3.63, 3.8) is 0 Å². The first-order chi connectivity index (χ1) is 7.97. The molecule has 0 aliphatic heterocycles. The van der Waals surface area contributed by atoms with E-state index in [-0.39, 0.29) is 6.61 Å². The maximum absolute atomic E-state index is 9.58. The van der Waals surface area contributed by atoms with Crippen LogP contribution in [0.1, 0.15) is 33.6 Å². The lowest BCUT2D eigenvalue weighted by atomic mass is 10.0. The van der Waals surface area contributed by atoms with E-state index in [9.17, 15) is 5.11 Å². The van der Waals surface area contributed by atoms with Gasteiger partial charge in [-0.2, -0.15) is 0 Å². The van der Waals surface area contributed by atoms with Crippen molar-refractivity contribution < 1.29 is 10.2 Å². The van der Waals surface area contributed by atoms with Crippen LogP contribution in [0.15, 0.2) is 47.6 Å². The summed E-state index contributed by atoms with van der Waals surface area (Å²) in [6.45, 7) is 9.62. The Morgan fingerprint density at radius 1 is 1.29 bits per heavy atom. The molecule has 0 bridgehead atoms. The van der Waals surface area contributed by atoms with Crippen molar-refractivity contribution in [2.45, 2.75) is 39.7 Å². The first-order valence-electron chi connectivity index (χ1n) is 5.92. The molecule has 0 fully saturated rings. The monoisotopic (exact) mass is 236 g/mol. The van der Waals surface area contributed by atoms with Gasteiger partial charge in [0.05, 0.1) is 12.7 Å². The van der Waals surface area contributed by atoms with E-state index < -0.39 is 6.10 Å². The van der Waals surface area contributed by atoms with Crippen molar-refractivity contribution in [2.24, 2.45) is 0 Å². The van der Waals surface area contributed by atoms with Crippen LogP contribution in [-0.2, 0) is 0 Å². The van der Waals surface area contributed by atoms with Gasteiger partial charge in [-0.15, -0.1) is 0 Å². The maximum atomic E-state index is 9.58. The van der Waals surface area contributed by atoms with Crippen molar-refractivity contribution in [3.05, 3.63) is 47.6 Å². The highest BCUT2D eigenvalue weighted by molar-refractivity contribution is 5.22. The van der Waals surface area contributed by atoms with E-state index in [0.29, 0.717) is 0 Å². The third-order valence-corrected chi connectivity index (χ3v) is 2.53. The predicted octanol–water partition coefficient (Wildman–Crippen LogP) is 3.14. The summed E-state index contributed by atoms with van der Waals surface area (Å²) < 4.78 is 0. The van der Waals surface area contributed by atoms with Gasteiger partial charge < -0.3 is 10.2 Å². The van der Waals surface area contributed by atoms with Crippen LogP contribution in [0.2, 0.25) is 0 Å². The largest absolute Gasteiger partial charge is 0.392 e. The fraction of sp³-hybridized carbons (Fsp3) is 0.467. The normalized spacial score (nSPS) is 15.4. The van der Waals surface area contributed by atoms with E-state index in [4.69, 9.17) is 5.11 Å². The van der Waals surface area contributed by atoms with Crippen molar-refractivity contribution in [2.75, 3.05) is 6.61 Å². The fourth-order valence-corrected chi connectivity index (χ4v) is 1.27. The van der Waals surface area contributed by atoms with Crippen LogP contribution < -0.4 is 0 Å². The van der Waals surface area contributed by atoms with Gasteiger partial charge in [0.25, 0.3) is 0 Å². The van der Waals surface area contributed by atoms with Gasteiger partial charge in [-0.25, -0.2) is 0 Å². The number of aliphatic hydroxyl groups is 2. The van der Waals surface area contributed by atoms with Gasteiger partial charge in [0, 0.05) is 0 Å². The third kappa shape index (κ3) is 8.66. The molecule has 0 amide bonds. The topological polar surface area (TPSA) is 40.5 Å². The average molecular weight is 236 g/mol. The van der Waals surface area contributed by atoms with E-state index in [0.717, 1.165) is 24.0 Å². The molecule has 2 heteroatoms. The summed E-state index contributed by atoms with van der Waals surface area (Å²) in [4.78, 5) is 0. The lowest BCUT2D eigenvalue weighted by Gasteiger charge is -2.09. The molecule has 0 aromatic carbocycles. The molecule has 0 rings (SSSR count). The van der Waals surface area contributed by atoms with Crippen molar-refractivity contribution in [1.29, 1.82) is 0 Å². The van der Waals surface area contributed by atoms with Crippen molar-refractivity contribution in [3.8, 4) is 0 Å². The second-order valence-electron chi connectivity index (χ2n) is 4.40. The Morgan fingerprint density at radius 3 is 2.47 bits per heavy atom. The van der Waals surface area contributed by atoms with Crippen molar-refractivity contribution in [1.82, 2.24) is 0 Å². The van der Waals surface area contributed by atoms with Crippen LogP contribution in [0.5, 0.6) is 0 Å². The summed E-state index contributed by atoms with van der Waals surface area (Å²) in [6, 6.07) is 0. The Bertz CT molecular complexity index is 322. The minimum atomic E-state index is -0.404. The van der Waals surface area contributed by atoms with Gasteiger partial charge in [0.15, 0.2) is 0 Å². The molecule has 1 atom stereocenters. The molecular formula is C15H24O2. The molecule has 0 aromatic rings. The van der Waals surface area contributed by atoms with Gasteiger partial charge in [0.2, 0.25) is 0 Å². The van der Waals surface area contributed by atoms with Crippen molar-refractivity contribution >= 4 is 0 Å². The zero-order chi connectivity index (χ0) is 13.3. The number of aliphatic hydroxyl groups excluding tert-OH is 2. The summed E-state index contributed by atoms with van der Waals surface area (Å²) >= 11 is 0. The lowest BCUT2D eigenvalue weighted by Crippen LogP contribution is -2.06. The van der Waals surface area contributed by atoms with Gasteiger partial charge >= 0.3 is 0 Å². The van der Waals surface area contributed by atoms with Gasteiger partial charge in [-0.05, 0) is 33.6 Å². The molecule has 0 aliphatic carbocycles. The summed E-state index contributed by atoms with van der Waals surface area (Å²) in [7, 11) is 0. The highest BCUT2D eigenvalue weighted by atomic mass is 16.3. The lowest BCUT2D eigenvalue weighted by molar-refractivity contribution is 0.201. The van der Waals surface area contributed by atoms with Gasteiger partial charge in [-0.1, -0.05) is 47.6 Å². The minimum absolute atomic E-state index is 0.0731. The molecule has 0 heterocycles. The Morgan fingerprint density at radius 2 is 1.94 bits per heavy atom. The van der Waals surface area contributed by atoms with Gasteiger partial charge in [0.1, 0.15) is 0 Å². The fourth-order valence-electron chi connectivity index (χ4n) is 1.27. The quantitative estimate of drug-likeness (QED) is 0.526. The van der Waals surface area contributed by atoms with Crippen LogP contribution in [-0.4, -0.2) is 22.9 Å². The minimum Gasteiger partial charge on any atom is -0.392 e. The number of hydrogen-bond acceptors (Lipinski definition) is 2. The van der Waals surface area contributed by atoms with E-state index >= 15 is 0 Å². The first-order valence-corrected chi connectivity index (χ1v) is 5.92. The molecular weight excluding hydrogens is 212 g/mol. The molecule has 0 radical (unpaired) electrons. The molecule has 17 heavy (non-hydrogen) atoms. The molecule has 0 saturated heterocycles. The Labute approximate surface area is 105 Å². The molecule has 96 valence electrons. The zero-order valence-electron chi connectivity index (χ0n) is 11.1. The number of rotatable bonds is 7. The van der Waals surface area contributed by atoms with Gasteiger partial charge in [-0.3, -0.25) is 0 Å². The third-order valence-electron chi connectivity index (χ3n) is 2.53. The summed E-state index contributed by atoms with van der Waals surface area (Å²) in [5.74, 6) is 0. The summed E-state index contributed by atoms with van der Waals surface area (Å²) in [5.41, 5.74) is 3.08. The predicted molar refractivity (Wildman–Crippen MR) is 73.8 cm³/mol. The van der Waals surface area contributed by atoms with Crippen LogP contribution in [0, 0.1) is 0 Å². The Hall–Kier alpha value is -1.12. The second kappa shape index (κ2) is 8.97. The van der Waals surface area contributed by atoms with E-state index in [1.54, 1.807) is 6.08 Å². The maximum Gasteiger partial charge on any atom is 0.0747 e. The molecule has 2 nitrogen and oxygen atoms in total.